The van der Waals surface area contributed by atoms with E-state index in [-0.39, 0.29) is 12.0 Å². The highest BCUT2D eigenvalue weighted by Crippen LogP contribution is 2.48. The van der Waals surface area contributed by atoms with E-state index in [4.69, 9.17) is 20.6 Å². The van der Waals surface area contributed by atoms with Crippen LogP contribution in [0.25, 0.3) is 0 Å². The van der Waals surface area contributed by atoms with Crippen molar-refractivity contribution < 1.29 is 18.6 Å². The first-order valence-electron chi connectivity index (χ1n) is 8.73. The molecule has 1 aliphatic heterocycles. The number of hydrogen-bond acceptors (Lipinski definition) is 3. The molecule has 22 heavy (non-hydrogen) atoms. The number of rotatable bonds is 4. The van der Waals surface area contributed by atoms with Gasteiger partial charge < -0.3 is 14.2 Å². The number of hydrogen-bond donors (Lipinski definition) is 0. The Balaban J connectivity index is 1.60. The van der Waals surface area contributed by atoms with Crippen LogP contribution in [-0.2, 0) is 14.2 Å². The summed E-state index contributed by atoms with van der Waals surface area (Å²) in [6, 6.07) is 0. The molecule has 0 radical (unpaired) electrons. The zero-order chi connectivity index (χ0) is 15.5. The zero-order valence-corrected chi connectivity index (χ0v) is 13.4. The average Bonchev–Trinajstić information content (AvgIpc) is 2.55. The van der Waals surface area contributed by atoms with E-state index < -0.39 is 12.3 Å². The third-order valence-corrected chi connectivity index (χ3v) is 5.72. The maximum absolute atomic E-state index is 14.6. The lowest BCUT2D eigenvalue weighted by atomic mass is 9.64. The van der Waals surface area contributed by atoms with Gasteiger partial charge in [-0.2, -0.15) is 0 Å². The molecule has 0 aromatic carbocycles. The maximum atomic E-state index is 14.6. The van der Waals surface area contributed by atoms with Crippen LogP contribution in [0.2, 0.25) is 0 Å². The SMILES string of the molecule is C#COC1CCC2C3CCC(OCCC)CC3OCC2C1F. The minimum absolute atomic E-state index is 0.0542. The number of alkyl halides is 1. The van der Waals surface area contributed by atoms with Gasteiger partial charge in [-0.05, 0) is 43.9 Å². The maximum Gasteiger partial charge on any atom is 0.143 e. The van der Waals surface area contributed by atoms with Crippen LogP contribution in [0.4, 0.5) is 4.39 Å². The minimum Gasteiger partial charge on any atom is -0.440 e. The van der Waals surface area contributed by atoms with E-state index in [1.165, 1.54) is 0 Å². The van der Waals surface area contributed by atoms with E-state index in [1.807, 2.05) is 0 Å². The van der Waals surface area contributed by atoms with Gasteiger partial charge in [-0.25, -0.2) is 4.39 Å². The van der Waals surface area contributed by atoms with Crippen LogP contribution in [0.1, 0.15) is 45.4 Å². The normalized spacial score (nSPS) is 44.5. The Kier molecular flexibility index (Phi) is 5.25. The topological polar surface area (TPSA) is 27.7 Å². The fourth-order valence-corrected chi connectivity index (χ4v) is 4.67. The van der Waals surface area contributed by atoms with Crippen molar-refractivity contribution in [3.8, 4) is 12.5 Å². The number of terminal acetylenes is 1. The Morgan fingerprint density at radius 2 is 2.00 bits per heavy atom. The number of fused-ring (bicyclic) bond motifs is 3. The summed E-state index contributed by atoms with van der Waals surface area (Å²) in [5, 5.41) is 0. The van der Waals surface area contributed by atoms with E-state index >= 15 is 0 Å². The molecule has 3 nitrogen and oxygen atoms in total. The molecule has 7 atom stereocenters. The van der Waals surface area contributed by atoms with Crippen molar-refractivity contribution >= 4 is 0 Å². The average molecular weight is 310 g/mol. The largest absolute Gasteiger partial charge is 0.440 e. The number of ether oxygens (including phenoxy) is 3. The lowest BCUT2D eigenvalue weighted by Crippen LogP contribution is -2.54. The molecule has 4 heteroatoms. The fourth-order valence-electron chi connectivity index (χ4n) is 4.67. The van der Waals surface area contributed by atoms with E-state index in [0.717, 1.165) is 45.1 Å². The minimum atomic E-state index is -0.996. The summed E-state index contributed by atoms with van der Waals surface area (Å²) in [5.74, 6) is 0.838. The second-order valence-electron chi connectivity index (χ2n) is 6.97. The number of halogens is 1. The Hall–Kier alpha value is -0.790. The van der Waals surface area contributed by atoms with E-state index in [1.54, 1.807) is 0 Å². The Morgan fingerprint density at radius 3 is 2.77 bits per heavy atom. The first-order valence-corrected chi connectivity index (χ1v) is 8.73. The lowest BCUT2D eigenvalue weighted by Gasteiger charge is -2.50. The monoisotopic (exact) mass is 310 g/mol. The Labute approximate surface area is 132 Å². The van der Waals surface area contributed by atoms with Crippen LogP contribution in [0.3, 0.4) is 0 Å². The fraction of sp³-hybridized carbons (Fsp3) is 0.889. The first kappa shape index (κ1) is 16.1. The van der Waals surface area contributed by atoms with Crippen LogP contribution in [-0.4, -0.2) is 37.7 Å². The van der Waals surface area contributed by atoms with Crippen LogP contribution in [0.5, 0.6) is 0 Å². The molecule has 7 unspecified atom stereocenters. The van der Waals surface area contributed by atoms with Crippen molar-refractivity contribution in [3.63, 3.8) is 0 Å². The predicted octanol–water partition coefficient (Wildman–Crippen LogP) is 3.32. The van der Waals surface area contributed by atoms with Crippen molar-refractivity contribution in [3.05, 3.63) is 0 Å². The van der Waals surface area contributed by atoms with E-state index in [2.05, 4.69) is 13.0 Å². The van der Waals surface area contributed by atoms with Crippen LogP contribution < -0.4 is 0 Å². The third kappa shape index (κ3) is 3.12. The summed E-state index contributed by atoms with van der Waals surface area (Å²) in [7, 11) is 0. The molecule has 0 bridgehead atoms. The van der Waals surface area contributed by atoms with Crippen molar-refractivity contribution in [2.75, 3.05) is 13.2 Å². The molecular weight excluding hydrogens is 283 g/mol. The summed E-state index contributed by atoms with van der Waals surface area (Å²) >= 11 is 0. The summed E-state index contributed by atoms with van der Waals surface area (Å²) in [4.78, 5) is 0. The predicted molar refractivity (Wildman–Crippen MR) is 81.9 cm³/mol. The lowest BCUT2D eigenvalue weighted by molar-refractivity contribution is -0.174. The van der Waals surface area contributed by atoms with Gasteiger partial charge in [0.15, 0.2) is 0 Å². The van der Waals surface area contributed by atoms with Crippen molar-refractivity contribution in [1.29, 1.82) is 0 Å². The second-order valence-corrected chi connectivity index (χ2v) is 6.97. The molecule has 124 valence electrons. The van der Waals surface area contributed by atoms with Gasteiger partial charge in [0.2, 0.25) is 0 Å². The van der Waals surface area contributed by atoms with E-state index in [9.17, 15) is 4.39 Å². The molecule has 0 amide bonds. The summed E-state index contributed by atoms with van der Waals surface area (Å²) < 4.78 is 31.7. The molecule has 3 aliphatic rings. The highest BCUT2D eigenvalue weighted by Gasteiger charge is 2.50. The third-order valence-electron chi connectivity index (χ3n) is 5.72. The molecule has 0 N–H and O–H groups in total. The molecule has 0 aromatic rings. The van der Waals surface area contributed by atoms with Gasteiger partial charge in [0, 0.05) is 18.9 Å². The van der Waals surface area contributed by atoms with Crippen molar-refractivity contribution in [1.82, 2.24) is 0 Å². The molecular formula is C18H27FO3. The van der Waals surface area contributed by atoms with Gasteiger partial charge in [-0.3, -0.25) is 0 Å². The standard InChI is InChI=1S/C18H27FO3/c1-3-9-21-12-5-6-14-13-7-8-16(20-4-2)18(19)15(13)11-22-17(14)10-12/h2,12-18H,3,5-11H2,1H3. The van der Waals surface area contributed by atoms with Gasteiger partial charge in [0.05, 0.1) is 18.8 Å². The van der Waals surface area contributed by atoms with Crippen LogP contribution >= 0.6 is 0 Å². The van der Waals surface area contributed by atoms with E-state index in [0.29, 0.717) is 24.5 Å². The van der Waals surface area contributed by atoms with Crippen LogP contribution in [0, 0.1) is 30.3 Å². The Bertz CT molecular complexity index is 408. The molecule has 3 rings (SSSR count). The molecule has 3 fully saturated rings. The van der Waals surface area contributed by atoms with Gasteiger partial charge in [-0.15, -0.1) is 0 Å². The van der Waals surface area contributed by atoms with Gasteiger partial charge in [-0.1, -0.05) is 13.3 Å². The molecule has 2 saturated carbocycles. The van der Waals surface area contributed by atoms with Gasteiger partial charge >= 0.3 is 0 Å². The van der Waals surface area contributed by atoms with Crippen molar-refractivity contribution in [2.24, 2.45) is 17.8 Å². The highest BCUT2D eigenvalue weighted by atomic mass is 19.1. The van der Waals surface area contributed by atoms with Gasteiger partial charge in [0.25, 0.3) is 0 Å². The summed E-state index contributed by atoms with van der Waals surface area (Å²) in [5.41, 5.74) is 0. The smallest absolute Gasteiger partial charge is 0.143 e. The molecule has 2 aliphatic carbocycles. The van der Waals surface area contributed by atoms with Gasteiger partial charge in [0.1, 0.15) is 18.4 Å². The molecule has 0 aromatic heterocycles. The molecule has 1 heterocycles. The second kappa shape index (κ2) is 7.19. The molecule has 0 spiro atoms. The van der Waals surface area contributed by atoms with Crippen molar-refractivity contribution in [2.45, 2.75) is 69.9 Å². The van der Waals surface area contributed by atoms with Crippen LogP contribution in [0.15, 0.2) is 0 Å². The Morgan fingerprint density at radius 1 is 1.18 bits per heavy atom. The summed E-state index contributed by atoms with van der Waals surface area (Å²) in [6.45, 7) is 3.45. The summed E-state index contributed by atoms with van der Waals surface area (Å²) in [6.07, 6.45) is 12.4. The first-order chi connectivity index (χ1) is 10.7. The highest BCUT2D eigenvalue weighted by molar-refractivity contribution is 4.99. The zero-order valence-electron chi connectivity index (χ0n) is 13.4. The molecule has 1 saturated heterocycles. The quantitative estimate of drug-likeness (QED) is 0.746.